The number of benzene rings is 1. The molecule has 1 aliphatic heterocycles. The van der Waals surface area contributed by atoms with Gasteiger partial charge in [0.15, 0.2) is 16.1 Å². The van der Waals surface area contributed by atoms with Crippen LogP contribution in [0.1, 0.15) is 79.6 Å². The lowest BCUT2D eigenvalue weighted by molar-refractivity contribution is -0.161. The van der Waals surface area contributed by atoms with Crippen molar-refractivity contribution in [1.82, 2.24) is 0 Å². The van der Waals surface area contributed by atoms with Crippen molar-refractivity contribution in [3.05, 3.63) is 53.6 Å². The summed E-state index contributed by atoms with van der Waals surface area (Å²) in [4.78, 5) is 0.302. The molecular formula is C31H46O6S. The quantitative estimate of drug-likeness (QED) is 0.247. The topological polar surface area (TPSA) is 93.1 Å². The molecule has 1 saturated heterocycles. The Labute approximate surface area is 230 Å². The number of rotatable bonds is 13. The van der Waals surface area contributed by atoms with Crippen molar-refractivity contribution in [3.8, 4) is 11.8 Å². The molecule has 0 spiro atoms. The summed E-state index contributed by atoms with van der Waals surface area (Å²) in [7, 11) is -3.60. The number of aliphatic hydroxyl groups is 2. The van der Waals surface area contributed by atoms with Gasteiger partial charge < -0.3 is 19.7 Å². The molecule has 212 valence electrons. The molecule has 1 aromatic carbocycles. The van der Waals surface area contributed by atoms with E-state index in [1.807, 2.05) is 39.8 Å². The zero-order valence-corrected chi connectivity index (χ0v) is 24.5. The first-order valence-electron chi connectivity index (χ1n) is 13.7. The fourth-order valence-electron chi connectivity index (χ4n) is 4.10. The van der Waals surface area contributed by atoms with Crippen molar-refractivity contribution >= 4 is 9.84 Å². The summed E-state index contributed by atoms with van der Waals surface area (Å²) in [6.45, 7) is 10.4. The molecule has 7 heteroatoms. The SMILES string of the molecule is C/C(=C\C(C/C(C)=C/CC[C@](C)(O)C#CC(O)C(C)C)S(=O)(=O)c1ccccc1)CCOC1CCCCO1. The van der Waals surface area contributed by atoms with Gasteiger partial charge in [-0.25, -0.2) is 8.42 Å². The average Bonchev–Trinajstić information content (AvgIpc) is 2.88. The van der Waals surface area contributed by atoms with Gasteiger partial charge in [-0.05, 0) is 83.8 Å². The molecule has 0 amide bonds. The van der Waals surface area contributed by atoms with E-state index in [0.717, 1.165) is 37.0 Å². The van der Waals surface area contributed by atoms with Crippen LogP contribution in [0.4, 0.5) is 0 Å². The number of hydrogen-bond donors (Lipinski definition) is 2. The van der Waals surface area contributed by atoms with Gasteiger partial charge in [-0.3, -0.25) is 0 Å². The number of allylic oxidation sites excluding steroid dienone is 2. The summed E-state index contributed by atoms with van der Waals surface area (Å²) >= 11 is 0. The van der Waals surface area contributed by atoms with E-state index in [0.29, 0.717) is 37.2 Å². The zero-order valence-electron chi connectivity index (χ0n) is 23.7. The predicted molar refractivity (Wildman–Crippen MR) is 152 cm³/mol. The van der Waals surface area contributed by atoms with E-state index in [2.05, 4.69) is 11.8 Å². The fraction of sp³-hybridized carbons (Fsp3) is 0.613. The van der Waals surface area contributed by atoms with Crippen LogP contribution in [0.2, 0.25) is 0 Å². The van der Waals surface area contributed by atoms with E-state index < -0.39 is 26.8 Å². The molecule has 38 heavy (non-hydrogen) atoms. The molecule has 0 saturated carbocycles. The van der Waals surface area contributed by atoms with Gasteiger partial charge in [0.05, 0.1) is 16.8 Å². The van der Waals surface area contributed by atoms with Crippen molar-refractivity contribution in [1.29, 1.82) is 0 Å². The summed E-state index contributed by atoms with van der Waals surface area (Å²) < 4.78 is 38.6. The van der Waals surface area contributed by atoms with Crippen molar-refractivity contribution in [3.63, 3.8) is 0 Å². The maximum absolute atomic E-state index is 13.6. The van der Waals surface area contributed by atoms with Crippen LogP contribution < -0.4 is 0 Å². The van der Waals surface area contributed by atoms with Crippen LogP contribution in [-0.2, 0) is 19.3 Å². The Morgan fingerprint density at radius 3 is 2.55 bits per heavy atom. The van der Waals surface area contributed by atoms with Crippen molar-refractivity contribution in [2.24, 2.45) is 5.92 Å². The molecule has 1 aliphatic rings. The first-order chi connectivity index (χ1) is 17.9. The van der Waals surface area contributed by atoms with Gasteiger partial charge in [0.25, 0.3) is 0 Å². The summed E-state index contributed by atoms with van der Waals surface area (Å²) in [5, 5.41) is 19.8. The third-order valence-electron chi connectivity index (χ3n) is 6.65. The minimum absolute atomic E-state index is 0.00685. The second kappa shape index (κ2) is 15.6. The number of sulfone groups is 1. The second-order valence-electron chi connectivity index (χ2n) is 10.9. The standard InChI is InChI=1S/C31H46O6S/c1-24(2)29(32)16-19-31(5,33)18-11-12-25(3)22-28(38(34,35)27-13-7-6-8-14-27)23-26(4)17-21-37-30-15-9-10-20-36-30/h6-8,12-14,23-24,28-30,32-33H,9-11,15,17-18,20-22H2,1-5H3/b25-12+,26-23+/t28?,29?,30?,31-/m0/s1. The third-order valence-corrected chi connectivity index (χ3v) is 8.68. The average molecular weight is 547 g/mol. The van der Waals surface area contributed by atoms with Crippen LogP contribution in [0.15, 0.2) is 58.5 Å². The van der Waals surface area contributed by atoms with E-state index >= 15 is 0 Å². The van der Waals surface area contributed by atoms with Crippen molar-refractivity contribution in [2.45, 2.75) is 108 Å². The zero-order chi connectivity index (χ0) is 28.2. The van der Waals surface area contributed by atoms with E-state index in [4.69, 9.17) is 9.47 Å². The Kier molecular flexibility index (Phi) is 13.2. The van der Waals surface area contributed by atoms with Crippen LogP contribution >= 0.6 is 0 Å². The summed E-state index contributed by atoms with van der Waals surface area (Å²) in [5.41, 5.74) is 0.650. The maximum atomic E-state index is 13.6. The van der Waals surface area contributed by atoms with E-state index in [9.17, 15) is 18.6 Å². The van der Waals surface area contributed by atoms with Crippen molar-refractivity contribution < 1.29 is 28.1 Å². The number of ether oxygens (including phenoxy) is 2. The molecule has 0 bridgehead atoms. The molecule has 2 N–H and O–H groups in total. The van der Waals surface area contributed by atoms with E-state index in [1.54, 1.807) is 37.3 Å². The molecule has 0 aliphatic carbocycles. The first-order valence-corrected chi connectivity index (χ1v) is 15.2. The minimum Gasteiger partial charge on any atom is -0.380 e. The molecule has 3 unspecified atom stereocenters. The van der Waals surface area contributed by atoms with Gasteiger partial charge in [-0.2, -0.15) is 0 Å². The van der Waals surface area contributed by atoms with E-state index in [-0.39, 0.29) is 12.2 Å². The molecular weight excluding hydrogens is 500 g/mol. The molecule has 1 fully saturated rings. The first kappa shape index (κ1) is 32.3. The Balaban J connectivity index is 2.09. The van der Waals surface area contributed by atoms with Gasteiger partial charge >= 0.3 is 0 Å². The van der Waals surface area contributed by atoms with Crippen LogP contribution in [0.3, 0.4) is 0 Å². The molecule has 6 nitrogen and oxygen atoms in total. The lowest BCUT2D eigenvalue weighted by Gasteiger charge is -2.23. The largest absolute Gasteiger partial charge is 0.380 e. The molecule has 1 heterocycles. The highest BCUT2D eigenvalue weighted by Gasteiger charge is 2.26. The Bertz CT molecular complexity index is 1070. The number of aliphatic hydroxyl groups excluding tert-OH is 1. The molecule has 0 aromatic heterocycles. The van der Waals surface area contributed by atoms with Gasteiger partial charge in [0, 0.05) is 6.61 Å². The summed E-state index contributed by atoms with van der Waals surface area (Å²) in [6.07, 6.45) is 7.84. The van der Waals surface area contributed by atoms with Crippen LogP contribution in [0.25, 0.3) is 0 Å². The van der Waals surface area contributed by atoms with Crippen LogP contribution in [0.5, 0.6) is 0 Å². The lowest BCUT2D eigenvalue weighted by atomic mass is 9.98. The predicted octanol–water partition coefficient (Wildman–Crippen LogP) is 5.60. The molecule has 2 rings (SSSR count). The van der Waals surface area contributed by atoms with Crippen LogP contribution in [0, 0.1) is 17.8 Å². The monoisotopic (exact) mass is 546 g/mol. The molecule has 4 atom stereocenters. The van der Waals surface area contributed by atoms with Gasteiger partial charge in [0.1, 0.15) is 11.7 Å². The van der Waals surface area contributed by atoms with Gasteiger partial charge in [0.2, 0.25) is 0 Å². The Morgan fingerprint density at radius 1 is 1.21 bits per heavy atom. The lowest BCUT2D eigenvalue weighted by Crippen LogP contribution is -2.23. The smallest absolute Gasteiger partial charge is 0.185 e. The Hall–Kier alpha value is -1.95. The fourth-order valence-corrected chi connectivity index (χ4v) is 5.88. The molecule has 1 aromatic rings. The Morgan fingerprint density at radius 2 is 1.92 bits per heavy atom. The minimum atomic E-state index is -3.60. The van der Waals surface area contributed by atoms with Gasteiger partial charge in [-0.15, -0.1) is 0 Å². The number of hydrogen-bond acceptors (Lipinski definition) is 6. The maximum Gasteiger partial charge on any atom is 0.185 e. The van der Waals surface area contributed by atoms with Crippen molar-refractivity contribution in [2.75, 3.05) is 13.2 Å². The highest BCUT2D eigenvalue weighted by molar-refractivity contribution is 7.92. The summed E-state index contributed by atoms with van der Waals surface area (Å²) in [6, 6.07) is 8.55. The van der Waals surface area contributed by atoms with Gasteiger partial charge in [-0.1, -0.05) is 67.2 Å². The second-order valence-corrected chi connectivity index (χ2v) is 13.0. The van der Waals surface area contributed by atoms with Crippen LogP contribution in [-0.4, -0.2) is 55.1 Å². The van der Waals surface area contributed by atoms with E-state index in [1.165, 1.54) is 0 Å². The molecule has 0 radical (unpaired) electrons. The normalized spacial score (nSPS) is 20.4. The summed E-state index contributed by atoms with van der Waals surface area (Å²) in [5.74, 6) is 5.48. The highest BCUT2D eigenvalue weighted by atomic mass is 32.2. The highest BCUT2D eigenvalue weighted by Crippen LogP contribution is 2.25. The third kappa shape index (κ3) is 11.4.